The van der Waals surface area contributed by atoms with Crippen molar-refractivity contribution in [3.8, 4) is 5.75 Å². The van der Waals surface area contributed by atoms with Gasteiger partial charge in [-0.05, 0) is 38.5 Å². The summed E-state index contributed by atoms with van der Waals surface area (Å²) in [5, 5.41) is 2.56. The highest BCUT2D eigenvalue weighted by molar-refractivity contribution is 8.27. The normalized spacial score (nSPS) is 22.6. The average Bonchev–Trinajstić information content (AvgIpc) is 3.00. The second kappa shape index (κ2) is 5.77. The zero-order valence-electron chi connectivity index (χ0n) is 15.1. The highest BCUT2D eigenvalue weighted by Gasteiger charge is 2.47. The summed E-state index contributed by atoms with van der Waals surface area (Å²) in [6, 6.07) is 3.39. The van der Waals surface area contributed by atoms with Gasteiger partial charge in [0.1, 0.15) is 10.1 Å². The van der Waals surface area contributed by atoms with Gasteiger partial charge in [0.2, 0.25) is 0 Å². The van der Waals surface area contributed by atoms with E-state index >= 15 is 0 Å². The molecule has 0 bridgehead atoms. The summed E-state index contributed by atoms with van der Waals surface area (Å²) < 4.78 is 5.60. The molecule has 4 rings (SSSR count). The molecule has 0 aromatic heterocycles. The topological polar surface area (TPSA) is 75.7 Å². The number of nitrogens with one attached hydrogen (secondary N) is 1. The van der Waals surface area contributed by atoms with Gasteiger partial charge in [-0.25, -0.2) is 0 Å². The number of carbonyl (C=O) groups is 3. The number of rotatable bonds is 1. The van der Waals surface area contributed by atoms with Crippen molar-refractivity contribution < 1.29 is 19.1 Å². The van der Waals surface area contributed by atoms with Crippen LogP contribution in [-0.4, -0.2) is 27.6 Å². The van der Waals surface area contributed by atoms with Crippen molar-refractivity contribution in [3.63, 3.8) is 0 Å². The van der Waals surface area contributed by atoms with Crippen LogP contribution in [0.15, 0.2) is 23.1 Å². The van der Waals surface area contributed by atoms with Crippen LogP contribution in [-0.2, 0) is 14.4 Å². The molecule has 0 unspecified atom stereocenters. The van der Waals surface area contributed by atoms with E-state index in [0.29, 0.717) is 21.2 Å². The van der Waals surface area contributed by atoms with Crippen molar-refractivity contribution in [2.75, 3.05) is 4.90 Å². The third kappa shape index (κ3) is 2.62. The van der Waals surface area contributed by atoms with Gasteiger partial charge in [-0.2, -0.15) is 0 Å². The second-order valence-corrected chi connectivity index (χ2v) is 8.82. The van der Waals surface area contributed by atoms with Crippen LogP contribution in [0.2, 0.25) is 0 Å². The van der Waals surface area contributed by atoms with Crippen LogP contribution in [0.4, 0.5) is 5.69 Å². The first-order chi connectivity index (χ1) is 12.6. The molecule has 8 heteroatoms. The third-order valence-corrected chi connectivity index (χ3v) is 5.90. The number of amides is 2. The van der Waals surface area contributed by atoms with Crippen LogP contribution in [0.1, 0.15) is 38.8 Å². The van der Waals surface area contributed by atoms with Crippen molar-refractivity contribution >= 4 is 62.9 Å². The van der Waals surface area contributed by atoms with E-state index < -0.39 is 11.5 Å². The Balaban J connectivity index is 2.05. The maximum atomic E-state index is 13.4. The summed E-state index contributed by atoms with van der Waals surface area (Å²) in [5.41, 5.74) is 2.82. The Hall–Kier alpha value is -2.45. The molecule has 0 atom stereocenters. The number of hydrogen-bond donors (Lipinski definition) is 1. The van der Waals surface area contributed by atoms with Gasteiger partial charge in [-0.1, -0.05) is 30.1 Å². The van der Waals surface area contributed by atoms with Gasteiger partial charge in [0.05, 0.1) is 21.7 Å². The molecule has 0 aliphatic carbocycles. The number of carbonyl (C=O) groups excluding carboxylic acids is 3. The van der Waals surface area contributed by atoms with Gasteiger partial charge in [-0.3, -0.25) is 19.3 Å². The lowest BCUT2D eigenvalue weighted by Gasteiger charge is -2.38. The Morgan fingerprint density at radius 1 is 1.26 bits per heavy atom. The molecular formula is C19H16N2O4S2. The summed E-state index contributed by atoms with van der Waals surface area (Å²) in [7, 11) is 0. The molecule has 0 radical (unpaired) electrons. The van der Waals surface area contributed by atoms with Crippen molar-refractivity contribution in [2.45, 2.75) is 33.2 Å². The standard InChI is InChI=1S/C19H16N2O4S2/c1-8-7-19(3,4)21-14-11(8)5-10(25-9(2)22)6-12(14)13(17(21)24)15-16(23)20-18(26)27-15/h5-7H,1-4H3,(H,20,23,26)/b15-13+. The number of ether oxygens (including phenoxy) is 1. The van der Waals surface area contributed by atoms with Crippen LogP contribution >= 0.6 is 24.0 Å². The van der Waals surface area contributed by atoms with Crippen LogP contribution in [0, 0.1) is 0 Å². The fraction of sp³-hybridized carbons (Fsp3) is 0.263. The molecule has 0 spiro atoms. The summed E-state index contributed by atoms with van der Waals surface area (Å²) in [4.78, 5) is 39.2. The van der Waals surface area contributed by atoms with E-state index in [0.717, 1.165) is 28.6 Å². The Bertz CT molecular complexity index is 1040. The van der Waals surface area contributed by atoms with Crippen LogP contribution in [0.5, 0.6) is 5.75 Å². The molecule has 3 heterocycles. The number of nitrogens with zero attached hydrogens (tertiary/aromatic N) is 1. The third-order valence-electron chi connectivity index (χ3n) is 4.67. The quantitative estimate of drug-likeness (QED) is 0.338. The first kappa shape index (κ1) is 17.9. The van der Waals surface area contributed by atoms with Gasteiger partial charge < -0.3 is 10.1 Å². The van der Waals surface area contributed by atoms with Crippen molar-refractivity contribution in [1.29, 1.82) is 0 Å². The summed E-state index contributed by atoms with van der Waals surface area (Å²) >= 11 is 6.16. The van der Waals surface area contributed by atoms with Crippen molar-refractivity contribution in [2.24, 2.45) is 0 Å². The van der Waals surface area contributed by atoms with Gasteiger partial charge in [0.25, 0.3) is 11.8 Å². The summed E-state index contributed by atoms with van der Waals surface area (Å²) in [5.74, 6) is -0.767. The number of benzene rings is 1. The number of anilines is 1. The minimum Gasteiger partial charge on any atom is -0.427 e. The highest BCUT2D eigenvalue weighted by atomic mass is 32.2. The fourth-order valence-corrected chi connectivity index (χ4v) is 4.93. The van der Waals surface area contributed by atoms with Gasteiger partial charge >= 0.3 is 5.97 Å². The SMILES string of the molecule is CC(=O)Oc1cc2c3c(c1)/C(=C1\SC(=S)NC1=O)C(=O)N3C(C)(C)C=C2C. The lowest BCUT2D eigenvalue weighted by molar-refractivity contribution is -0.131. The second-order valence-electron chi connectivity index (χ2n) is 7.13. The van der Waals surface area contributed by atoms with Gasteiger partial charge in [0, 0.05) is 18.1 Å². The van der Waals surface area contributed by atoms with Gasteiger partial charge in [0.15, 0.2) is 0 Å². The van der Waals surface area contributed by atoms with E-state index in [1.54, 1.807) is 17.0 Å². The number of thiocarbonyl (C=S) groups is 1. The maximum Gasteiger partial charge on any atom is 0.308 e. The molecule has 1 N–H and O–H groups in total. The maximum absolute atomic E-state index is 13.4. The lowest BCUT2D eigenvalue weighted by atomic mass is 9.89. The molecule has 1 aromatic rings. The Morgan fingerprint density at radius 2 is 1.93 bits per heavy atom. The monoisotopic (exact) mass is 400 g/mol. The molecule has 0 saturated carbocycles. The van der Waals surface area contributed by atoms with E-state index in [-0.39, 0.29) is 16.7 Å². The zero-order chi connectivity index (χ0) is 19.7. The Labute approximate surface area is 165 Å². The molecular weight excluding hydrogens is 384 g/mol. The van der Waals surface area contributed by atoms with Crippen molar-refractivity contribution in [1.82, 2.24) is 5.32 Å². The lowest BCUT2D eigenvalue weighted by Crippen LogP contribution is -2.46. The van der Waals surface area contributed by atoms with Crippen LogP contribution in [0.3, 0.4) is 0 Å². The number of thioether (sulfide) groups is 1. The molecule has 2 amide bonds. The predicted molar refractivity (Wildman–Crippen MR) is 108 cm³/mol. The molecule has 3 aliphatic heterocycles. The van der Waals surface area contributed by atoms with Crippen LogP contribution in [0.25, 0.3) is 11.1 Å². The number of hydrogen-bond acceptors (Lipinski definition) is 6. The average molecular weight is 400 g/mol. The van der Waals surface area contributed by atoms with E-state index in [9.17, 15) is 14.4 Å². The van der Waals surface area contributed by atoms with E-state index in [4.69, 9.17) is 17.0 Å². The highest BCUT2D eigenvalue weighted by Crippen LogP contribution is 2.52. The first-order valence-electron chi connectivity index (χ1n) is 8.29. The molecule has 27 heavy (non-hydrogen) atoms. The van der Waals surface area contributed by atoms with E-state index in [1.807, 2.05) is 26.8 Å². The molecule has 6 nitrogen and oxygen atoms in total. The van der Waals surface area contributed by atoms with Gasteiger partial charge in [-0.15, -0.1) is 0 Å². The van der Waals surface area contributed by atoms with E-state index in [2.05, 4.69) is 5.32 Å². The predicted octanol–water partition coefficient (Wildman–Crippen LogP) is 3.01. The molecule has 1 aromatic carbocycles. The molecule has 1 fully saturated rings. The first-order valence-corrected chi connectivity index (χ1v) is 9.51. The molecule has 3 aliphatic rings. The fourth-order valence-electron chi connectivity index (χ4n) is 3.81. The minimum atomic E-state index is -0.561. The van der Waals surface area contributed by atoms with Crippen LogP contribution < -0.4 is 15.0 Å². The Kier molecular flexibility index (Phi) is 3.83. The molecule has 138 valence electrons. The van der Waals surface area contributed by atoms with Crippen molar-refractivity contribution in [3.05, 3.63) is 34.2 Å². The summed E-state index contributed by atoms with van der Waals surface area (Å²) in [6.45, 7) is 7.16. The zero-order valence-corrected chi connectivity index (χ0v) is 16.8. The smallest absolute Gasteiger partial charge is 0.308 e. The number of allylic oxidation sites excluding steroid dienone is 1. The summed E-state index contributed by atoms with van der Waals surface area (Å²) in [6.07, 6.45) is 1.99. The molecule has 1 saturated heterocycles. The largest absolute Gasteiger partial charge is 0.427 e. The number of esters is 1. The Morgan fingerprint density at radius 3 is 2.52 bits per heavy atom. The minimum absolute atomic E-state index is 0.262. The van der Waals surface area contributed by atoms with E-state index in [1.165, 1.54) is 6.92 Å².